The van der Waals surface area contributed by atoms with Crippen LogP contribution in [0.1, 0.15) is 39.0 Å². The largest absolute Gasteiger partial charge is 0.481 e. The van der Waals surface area contributed by atoms with Crippen molar-refractivity contribution in [2.45, 2.75) is 51.2 Å². The molecular formula is C15H25NO4S. The number of ether oxygens (including phenoxy) is 1. The van der Waals surface area contributed by atoms with Gasteiger partial charge in [-0.15, -0.1) is 0 Å². The molecule has 1 saturated carbocycles. The van der Waals surface area contributed by atoms with E-state index in [1.165, 1.54) is 19.3 Å². The van der Waals surface area contributed by atoms with Crippen LogP contribution in [0.3, 0.4) is 0 Å². The Hall–Kier alpha value is -0.750. The van der Waals surface area contributed by atoms with E-state index < -0.39 is 5.97 Å². The molecule has 1 heterocycles. The fraction of sp³-hybridized carbons (Fsp3) is 0.867. The normalized spacial score (nSPS) is 30.1. The van der Waals surface area contributed by atoms with Crippen molar-refractivity contribution in [2.24, 2.45) is 5.92 Å². The number of thioether (sulfide) groups is 1. The molecule has 21 heavy (non-hydrogen) atoms. The highest BCUT2D eigenvalue weighted by atomic mass is 32.2. The second-order valence-electron chi connectivity index (χ2n) is 6.02. The van der Waals surface area contributed by atoms with Crippen LogP contribution in [0.4, 0.5) is 0 Å². The van der Waals surface area contributed by atoms with Crippen LogP contribution in [0, 0.1) is 5.92 Å². The number of hydrogen-bond donors (Lipinski definition) is 1. The van der Waals surface area contributed by atoms with Gasteiger partial charge in [-0.25, -0.2) is 0 Å². The Morgan fingerprint density at radius 1 is 1.33 bits per heavy atom. The van der Waals surface area contributed by atoms with E-state index in [0.717, 1.165) is 12.2 Å². The molecule has 0 bridgehead atoms. The smallest absolute Gasteiger partial charge is 0.305 e. The summed E-state index contributed by atoms with van der Waals surface area (Å²) in [4.78, 5) is 24.9. The van der Waals surface area contributed by atoms with Crippen LogP contribution in [-0.4, -0.2) is 58.7 Å². The average Bonchev–Trinajstić information content (AvgIpc) is 2.46. The summed E-state index contributed by atoms with van der Waals surface area (Å²) in [6.45, 7) is 2.90. The second kappa shape index (κ2) is 8.03. The van der Waals surface area contributed by atoms with E-state index in [2.05, 4.69) is 6.92 Å². The molecule has 0 spiro atoms. The van der Waals surface area contributed by atoms with Gasteiger partial charge >= 0.3 is 5.97 Å². The molecule has 1 aliphatic carbocycles. The fourth-order valence-electron chi connectivity index (χ4n) is 3.14. The van der Waals surface area contributed by atoms with E-state index in [1.807, 2.05) is 0 Å². The monoisotopic (exact) mass is 315 g/mol. The summed E-state index contributed by atoms with van der Waals surface area (Å²) < 4.78 is 5.82. The molecule has 0 radical (unpaired) electrons. The molecule has 2 fully saturated rings. The van der Waals surface area contributed by atoms with Crippen molar-refractivity contribution in [2.75, 3.05) is 24.7 Å². The zero-order valence-corrected chi connectivity index (χ0v) is 13.4. The van der Waals surface area contributed by atoms with Crippen LogP contribution in [-0.2, 0) is 14.3 Å². The molecule has 3 unspecified atom stereocenters. The van der Waals surface area contributed by atoms with E-state index >= 15 is 0 Å². The molecule has 5 nitrogen and oxygen atoms in total. The molecule has 2 aliphatic rings. The number of hydrogen-bond acceptors (Lipinski definition) is 4. The van der Waals surface area contributed by atoms with Crippen molar-refractivity contribution >= 4 is 23.6 Å². The van der Waals surface area contributed by atoms with Crippen LogP contribution in [0.25, 0.3) is 0 Å². The predicted octanol–water partition coefficient (Wildman–Crippen LogP) is 2.00. The van der Waals surface area contributed by atoms with Crippen molar-refractivity contribution in [1.29, 1.82) is 0 Å². The number of carbonyl (C=O) groups is 2. The number of amides is 1. The third-order valence-electron chi connectivity index (χ3n) is 4.41. The van der Waals surface area contributed by atoms with E-state index in [9.17, 15) is 9.59 Å². The summed E-state index contributed by atoms with van der Waals surface area (Å²) in [7, 11) is 0. The molecule has 1 N–H and O–H groups in total. The lowest BCUT2D eigenvalue weighted by molar-refractivity contribution is -0.144. The zero-order valence-electron chi connectivity index (χ0n) is 12.6. The number of carbonyl (C=O) groups excluding carboxylic acids is 1. The zero-order chi connectivity index (χ0) is 15.2. The van der Waals surface area contributed by atoms with Crippen LogP contribution in [0.2, 0.25) is 0 Å². The molecule has 3 atom stereocenters. The first-order chi connectivity index (χ1) is 10.1. The van der Waals surface area contributed by atoms with Gasteiger partial charge in [0.05, 0.1) is 18.6 Å². The lowest BCUT2D eigenvalue weighted by Gasteiger charge is -2.35. The summed E-state index contributed by atoms with van der Waals surface area (Å²) in [5.74, 6) is 1.19. The van der Waals surface area contributed by atoms with Crippen molar-refractivity contribution in [3.8, 4) is 0 Å². The van der Waals surface area contributed by atoms with Gasteiger partial charge in [0.15, 0.2) is 0 Å². The Kier molecular flexibility index (Phi) is 6.36. The molecular weight excluding hydrogens is 290 g/mol. The first-order valence-electron chi connectivity index (χ1n) is 7.78. The van der Waals surface area contributed by atoms with Gasteiger partial charge < -0.3 is 14.7 Å². The first-order valence-corrected chi connectivity index (χ1v) is 8.94. The van der Waals surface area contributed by atoms with Gasteiger partial charge in [0, 0.05) is 18.1 Å². The van der Waals surface area contributed by atoms with Crippen LogP contribution in [0.15, 0.2) is 0 Å². The van der Waals surface area contributed by atoms with Crippen molar-refractivity contribution < 1.29 is 19.4 Å². The van der Waals surface area contributed by atoms with E-state index in [0.29, 0.717) is 18.2 Å². The average molecular weight is 315 g/mol. The maximum absolute atomic E-state index is 12.3. The molecule has 1 aliphatic heterocycles. The Bertz CT molecular complexity index is 377. The minimum absolute atomic E-state index is 0.0264. The van der Waals surface area contributed by atoms with Gasteiger partial charge in [-0.3, -0.25) is 9.59 Å². The predicted molar refractivity (Wildman–Crippen MR) is 82.5 cm³/mol. The van der Waals surface area contributed by atoms with Crippen molar-refractivity contribution in [3.05, 3.63) is 0 Å². The maximum Gasteiger partial charge on any atom is 0.305 e. The van der Waals surface area contributed by atoms with E-state index in [-0.39, 0.29) is 31.1 Å². The Morgan fingerprint density at radius 2 is 2.10 bits per heavy atom. The molecule has 0 aromatic carbocycles. The van der Waals surface area contributed by atoms with Gasteiger partial charge in [0.2, 0.25) is 5.91 Å². The van der Waals surface area contributed by atoms with Gasteiger partial charge in [0.25, 0.3) is 0 Å². The van der Waals surface area contributed by atoms with Crippen LogP contribution >= 0.6 is 11.8 Å². The first kappa shape index (κ1) is 16.6. The molecule has 2 rings (SSSR count). The van der Waals surface area contributed by atoms with Crippen molar-refractivity contribution in [1.82, 2.24) is 4.90 Å². The van der Waals surface area contributed by atoms with Crippen LogP contribution in [0.5, 0.6) is 0 Å². The minimum Gasteiger partial charge on any atom is -0.481 e. The van der Waals surface area contributed by atoms with Crippen LogP contribution < -0.4 is 0 Å². The maximum atomic E-state index is 12.3. The molecule has 1 amide bonds. The van der Waals surface area contributed by atoms with Gasteiger partial charge in [-0.2, -0.15) is 11.8 Å². The third-order valence-corrected chi connectivity index (χ3v) is 5.50. The number of rotatable bonds is 5. The Labute approximate surface area is 130 Å². The minimum atomic E-state index is -0.845. The lowest BCUT2D eigenvalue weighted by atomic mass is 9.88. The molecule has 6 heteroatoms. The molecule has 1 saturated heterocycles. The lowest BCUT2D eigenvalue weighted by Crippen LogP contribution is -2.49. The summed E-state index contributed by atoms with van der Waals surface area (Å²) in [5, 5.41) is 8.96. The van der Waals surface area contributed by atoms with Gasteiger partial charge in [-0.05, 0) is 18.8 Å². The number of nitrogens with zero attached hydrogens (tertiary/aromatic N) is 1. The second-order valence-corrected chi connectivity index (χ2v) is 7.17. The fourth-order valence-corrected chi connectivity index (χ4v) is 4.21. The number of aliphatic carboxylic acids is 1. The number of carboxylic acid groups (broad SMARTS) is 1. The van der Waals surface area contributed by atoms with E-state index in [1.54, 1.807) is 16.7 Å². The number of carboxylic acids is 1. The van der Waals surface area contributed by atoms with Gasteiger partial charge in [0.1, 0.15) is 6.61 Å². The SMILES string of the molecule is CC1CCCCC1OCC(=O)N1CCSCC1CC(=O)O. The summed E-state index contributed by atoms with van der Waals surface area (Å²) >= 11 is 1.71. The highest BCUT2D eigenvalue weighted by Gasteiger charge is 2.30. The molecule has 0 aromatic heterocycles. The quantitative estimate of drug-likeness (QED) is 0.840. The standard InChI is InChI=1S/C15H25NO4S/c1-11-4-2-3-5-13(11)20-9-14(17)16-6-7-21-10-12(16)8-15(18)19/h11-13H,2-10H2,1H3,(H,18,19). The molecule has 120 valence electrons. The summed E-state index contributed by atoms with van der Waals surface area (Å²) in [6, 6.07) is -0.193. The highest BCUT2D eigenvalue weighted by Crippen LogP contribution is 2.26. The van der Waals surface area contributed by atoms with Gasteiger partial charge in [-0.1, -0.05) is 19.8 Å². The molecule has 0 aromatic rings. The summed E-state index contributed by atoms with van der Waals surface area (Å²) in [5.41, 5.74) is 0. The van der Waals surface area contributed by atoms with E-state index in [4.69, 9.17) is 9.84 Å². The van der Waals surface area contributed by atoms with Crippen molar-refractivity contribution in [3.63, 3.8) is 0 Å². The highest BCUT2D eigenvalue weighted by molar-refractivity contribution is 7.99. The Balaban J connectivity index is 1.83. The Morgan fingerprint density at radius 3 is 2.81 bits per heavy atom. The summed E-state index contributed by atoms with van der Waals surface area (Å²) in [6.07, 6.45) is 4.83. The third kappa shape index (κ3) is 4.88. The topological polar surface area (TPSA) is 66.8 Å².